The molecule has 1 saturated heterocycles. The molecule has 2 aliphatic rings. The molecule has 2 fully saturated rings. The predicted molar refractivity (Wildman–Crippen MR) is 133 cm³/mol. The number of nitrogens with one attached hydrogen (secondary N) is 2. The zero-order valence-corrected chi connectivity index (χ0v) is 20.1. The van der Waals surface area contributed by atoms with E-state index >= 15 is 0 Å². The standard InChI is InChI=1S/C25H32IN3O2/c26-20-12-14-22(15-13-20)29-16-6-9-21(17-29)27-23-10-4-5-11-24(23)28-25(30)31-18-19-7-2-1-3-8-19/h1-3,7-8,12-15,21,23-24,27H,4-6,9-11,16-18H2,(H,28,30)/t21-,23+,24+/m0/s1. The second-order valence-corrected chi connectivity index (χ2v) is 9.88. The summed E-state index contributed by atoms with van der Waals surface area (Å²) >= 11 is 2.35. The van der Waals surface area contributed by atoms with Crippen molar-refractivity contribution in [3.05, 3.63) is 63.7 Å². The van der Waals surface area contributed by atoms with Gasteiger partial charge in [-0.25, -0.2) is 4.79 Å². The maximum absolute atomic E-state index is 12.4. The van der Waals surface area contributed by atoms with Crippen LogP contribution < -0.4 is 15.5 Å². The lowest BCUT2D eigenvalue weighted by Crippen LogP contribution is -2.57. The number of hydrogen-bond donors (Lipinski definition) is 2. The van der Waals surface area contributed by atoms with Gasteiger partial charge in [-0.2, -0.15) is 0 Å². The first kappa shape index (κ1) is 22.4. The van der Waals surface area contributed by atoms with Crippen LogP contribution in [0.15, 0.2) is 54.6 Å². The van der Waals surface area contributed by atoms with E-state index in [1.807, 2.05) is 30.3 Å². The minimum Gasteiger partial charge on any atom is -0.445 e. The van der Waals surface area contributed by atoms with Crippen LogP contribution in [0.25, 0.3) is 0 Å². The number of halogens is 1. The Balaban J connectivity index is 1.29. The highest BCUT2D eigenvalue weighted by Crippen LogP contribution is 2.24. The number of rotatable bonds is 6. The van der Waals surface area contributed by atoms with Crippen LogP contribution in [0.2, 0.25) is 0 Å². The average Bonchev–Trinajstić information content (AvgIpc) is 2.80. The van der Waals surface area contributed by atoms with E-state index in [1.165, 1.54) is 28.5 Å². The van der Waals surface area contributed by atoms with Gasteiger partial charge in [-0.3, -0.25) is 0 Å². The summed E-state index contributed by atoms with van der Waals surface area (Å²) in [5.74, 6) is 0. The third-order valence-corrected chi connectivity index (χ3v) is 7.06. The molecule has 1 heterocycles. The Morgan fingerprint density at radius 3 is 2.48 bits per heavy atom. The fraction of sp³-hybridized carbons (Fsp3) is 0.480. The summed E-state index contributed by atoms with van der Waals surface area (Å²) in [5.41, 5.74) is 2.31. The fourth-order valence-electron chi connectivity index (χ4n) is 4.72. The molecule has 2 aromatic carbocycles. The second-order valence-electron chi connectivity index (χ2n) is 8.63. The van der Waals surface area contributed by atoms with Crippen LogP contribution in [0.3, 0.4) is 0 Å². The van der Waals surface area contributed by atoms with E-state index in [-0.39, 0.29) is 12.1 Å². The third-order valence-electron chi connectivity index (χ3n) is 6.34. The van der Waals surface area contributed by atoms with E-state index in [9.17, 15) is 4.79 Å². The van der Waals surface area contributed by atoms with Crippen molar-refractivity contribution in [1.82, 2.24) is 10.6 Å². The van der Waals surface area contributed by atoms with Gasteiger partial charge in [0.1, 0.15) is 6.61 Å². The first-order valence-electron chi connectivity index (χ1n) is 11.4. The number of piperidine rings is 1. The molecule has 0 spiro atoms. The van der Waals surface area contributed by atoms with Crippen molar-refractivity contribution in [2.75, 3.05) is 18.0 Å². The summed E-state index contributed by atoms with van der Waals surface area (Å²) in [4.78, 5) is 14.9. The largest absolute Gasteiger partial charge is 0.445 e. The number of benzene rings is 2. The van der Waals surface area contributed by atoms with Crippen LogP contribution in [0.4, 0.5) is 10.5 Å². The smallest absolute Gasteiger partial charge is 0.407 e. The highest BCUT2D eigenvalue weighted by molar-refractivity contribution is 14.1. The highest BCUT2D eigenvalue weighted by Gasteiger charge is 2.30. The minimum atomic E-state index is -0.313. The molecular formula is C25H32IN3O2. The normalized spacial score (nSPS) is 23.9. The molecule has 1 aliphatic heterocycles. The summed E-state index contributed by atoms with van der Waals surface area (Å²) in [5, 5.41) is 7.02. The minimum absolute atomic E-state index is 0.130. The number of nitrogens with zero attached hydrogens (tertiary/aromatic N) is 1. The quantitative estimate of drug-likeness (QED) is 0.509. The number of alkyl carbamates (subject to hydrolysis) is 1. The van der Waals surface area contributed by atoms with Crippen molar-refractivity contribution in [3.8, 4) is 0 Å². The van der Waals surface area contributed by atoms with Crippen LogP contribution in [0.5, 0.6) is 0 Å². The summed E-state index contributed by atoms with van der Waals surface area (Å²) in [7, 11) is 0. The molecule has 1 saturated carbocycles. The van der Waals surface area contributed by atoms with Gasteiger partial charge in [-0.1, -0.05) is 43.2 Å². The van der Waals surface area contributed by atoms with Gasteiger partial charge in [0.05, 0.1) is 0 Å². The molecule has 5 nitrogen and oxygen atoms in total. The SMILES string of the molecule is O=C(N[C@@H]1CCCC[C@H]1N[C@H]1CCCN(c2ccc(I)cc2)C1)OCc1ccccc1. The van der Waals surface area contributed by atoms with Crippen LogP contribution in [-0.2, 0) is 11.3 Å². The van der Waals surface area contributed by atoms with E-state index in [4.69, 9.17) is 4.74 Å². The van der Waals surface area contributed by atoms with Crippen LogP contribution in [0.1, 0.15) is 44.1 Å². The molecule has 0 unspecified atom stereocenters. The van der Waals surface area contributed by atoms with Gasteiger partial charge < -0.3 is 20.3 Å². The molecule has 0 aromatic heterocycles. The Morgan fingerprint density at radius 1 is 0.968 bits per heavy atom. The van der Waals surface area contributed by atoms with E-state index in [0.717, 1.165) is 37.9 Å². The lowest BCUT2D eigenvalue weighted by atomic mass is 9.89. The molecule has 6 heteroatoms. The number of amides is 1. The molecular weight excluding hydrogens is 501 g/mol. The van der Waals surface area contributed by atoms with Crippen molar-refractivity contribution in [3.63, 3.8) is 0 Å². The number of carbonyl (C=O) groups excluding carboxylic acids is 1. The first-order chi connectivity index (χ1) is 15.2. The first-order valence-corrected chi connectivity index (χ1v) is 12.5. The van der Waals surface area contributed by atoms with Crippen LogP contribution >= 0.6 is 22.6 Å². The third kappa shape index (κ3) is 6.59. The van der Waals surface area contributed by atoms with E-state index in [2.05, 4.69) is 62.4 Å². The molecule has 3 atom stereocenters. The van der Waals surface area contributed by atoms with E-state index in [0.29, 0.717) is 18.7 Å². The van der Waals surface area contributed by atoms with Crippen LogP contribution in [0, 0.1) is 3.57 Å². The average molecular weight is 533 g/mol. The molecule has 0 bridgehead atoms. The van der Waals surface area contributed by atoms with Gasteiger partial charge in [0, 0.05) is 40.5 Å². The molecule has 0 radical (unpaired) electrons. The second kappa shape index (κ2) is 11.2. The molecule has 31 heavy (non-hydrogen) atoms. The maximum atomic E-state index is 12.4. The lowest BCUT2D eigenvalue weighted by molar-refractivity contribution is 0.128. The maximum Gasteiger partial charge on any atom is 0.407 e. The fourth-order valence-corrected chi connectivity index (χ4v) is 5.08. The molecule has 166 valence electrons. The molecule has 2 aromatic rings. The van der Waals surface area contributed by atoms with Gasteiger partial charge in [0.25, 0.3) is 0 Å². The summed E-state index contributed by atoms with van der Waals surface area (Å²) in [6, 6.07) is 19.5. The van der Waals surface area contributed by atoms with Crippen molar-refractivity contribution in [2.24, 2.45) is 0 Å². The Labute approximate surface area is 199 Å². The Kier molecular flexibility index (Phi) is 8.08. The van der Waals surface area contributed by atoms with Crippen LogP contribution in [-0.4, -0.2) is 37.3 Å². The molecule has 4 rings (SSSR count). The topological polar surface area (TPSA) is 53.6 Å². The number of carbonyl (C=O) groups is 1. The summed E-state index contributed by atoms with van der Waals surface area (Å²) in [6.07, 6.45) is 6.53. The molecule has 1 amide bonds. The monoisotopic (exact) mass is 533 g/mol. The predicted octanol–water partition coefficient (Wildman–Crippen LogP) is 5.09. The van der Waals surface area contributed by atoms with Gasteiger partial charge >= 0.3 is 6.09 Å². The van der Waals surface area contributed by atoms with Gasteiger partial charge in [0.2, 0.25) is 0 Å². The number of hydrogen-bond acceptors (Lipinski definition) is 4. The van der Waals surface area contributed by atoms with Crippen molar-refractivity contribution < 1.29 is 9.53 Å². The Bertz CT molecular complexity index is 830. The van der Waals surface area contributed by atoms with Gasteiger partial charge in [-0.15, -0.1) is 0 Å². The van der Waals surface area contributed by atoms with Gasteiger partial charge in [0.15, 0.2) is 0 Å². The summed E-state index contributed by atoms with van der Waals surface area (Å²) < 4.78 is 6.73. The Hall–Kier alpha value is -1.80. The Morgan fingerprint density at radius 2 is 1.71 bits per heavy atom. The van der Waals surface area contributed by atoms with Gasteiger partial charge in [-0.05, 0) is 78.1 Å². The lowest BCUT2D eigenvalue weighted by Gasteiger charge is -2.40. The zero-order chi connectivity index (χ0) is 21.5. The van der Waals surface area contributed by atoms with E-state index in [1.54, 1.807) is 0 Å². The number of anilines is 1. The molecule has 2 N–H and O–H groups in total. The van der Waals surface area contributed by atoms with Crippen molar-refractivity contribution in [1.29, 1.82) is 0 Å². The highest BCUT2D eigenvalue weighted by atomic mass is 127. The van der Waals surface area contributed by atoms with Crippen molar-refractivity contribution >= 4 is 34.4 Å². The number of ether oxygens (including phenoxy) is 1. The molecule has 1 aliphatic carbocycles. The van der Waals surface area contributed by atoms with Crippen molar-refractivity contribution in [2.45, 2.75) is 63.3 Å². The zero-order valence-electron chi connectivity index (χ0n) is 17.9. The summed E-state index contributed by atoms with van der Waals surface area (Å²) in [6.45, 7) is 2.43. The van der Waals surface area contributed by atoms with E-state index < -0.39 is 0 Å².